The van der Waals surface area contributed by atoms with E-state index in [0.717, 1.165) is 154 Å². The van der Waals surface area contributed by atoms with Crippen LogP contribution in [0.3, 0.4) is 0 Å². The zero-order chi connectivity index (χ0) is 56.1. The number of aliphatic hydroxyl groups excluding tert-OH is 2. The highest BCUT2D eigenvalue weighted by molar-refractivity contribution is 5.74. The highest BCUT2D eigenvalue weighted by atomic mass is 16.7. The number of hydrogen-bond donors (Lipinski definition) is 3. The van der Waals surface area contributed by atoms with E-state index in [4.69, 9.17) is 23.7 Å². The third-order valence-corrected chi connectivity index (χ3v) is 12.8. The van der Waals surface area contributed by atoms with Crippen molar-refractivity contribution in [2.45, 2.75) is 263 Å². The standard InChI is InChI=1S/C65H104O12/c1-4-7-10-13-16-19-22-24-26-28-29-31-32-34-37-39-42-45-48-51-57(66)73-54-56(75-58(67)52-49-46-43-40-36-21-18-15-12-9-6-3)55-74-65-63(61(70)60(69)62(77-65)64(71)72)76-59(68)53-50-47-44-41-38-35-33-30-27-25-23-20-17-14-11-8-5-2/h7-8,10-11,15-20,24-27,29,31,33,35,56,60-63,65,69-70H,4-6,9,12-14,21-23,28,30,32,34,36-55H2,1-3H3,(H,71,72)/b10-7-,11-8-,18-15-,19-16-,20-17-,26-24-,27-25-,31-29-,35-33-. The lowest BCUT2D eigenvalue weighted by Gasteiger charge is -2.40. The number of carboxylic acids is 1. The maximum atomic E-state index is 13.1. The van der Waals surface area contributed by atoms with Gasteiger partial charge < -0.3 is 39.0 Å². The van der Waals surface area contributed by atoms with Gasteiger partial charge in [0.1, 0.15) is 18.8 Å². The molecule has 0 aromatic rings. The zero-order valence-electron chi connectivity index (χ0n) is 47.9. The number of aliphatic carboxylic acids is 1. The van der Waals surface area contributed by atoms with E-state index in [1.807, 2.05) is 0 Å². The van der Waals surface area contributed by atoms with E-state index in [0.29, 0.717) is 19.3 Å². The fourth-order valence-electron chi connectivity index (χ4n) is 8.27. The molecule has 12 heteroatoms. The van der Waals surface area contributed by atoms with Crippen LogP contribution in [0.25, 0.3) is 0 Å². The van der Waals surface area contributed by atoms with Crippen LogP contribution in [0.15, 0.2) is 109 Å². The summed E-state index contributed by atoms with van der Waals surface area (Å²) in [4.78, 5) is 51.1. The topological polar surface area (TPSA) is 175 Å². The van der Waals surface area contributed by atoms with E-state index in [1.54, 1.807) is 0 Å². The molecule has 0 aromatic carbocycles. The zero-order valence-corrected chi connectivity index (χ0v) is 47.9. The molecule has 0 radical (unpaired) electrons. The second-order valence-corrected chi connectivity index (χ2v) is 19.9. The van der Waals surface area contributed by atoms with E-state index in [9.17, 15) is 34.5 Å². The van der Waals surface area contributed by atoms with Crippen LogP contribution < -0.4 is 0 Å². The summed E-state index contributed by atoms with van der Waals surface area (Å²) < 4.78 is 28.4. The molecule has 0 aliphatic carbocycles. The summed E-state index contributed by atoms with van der Waals surface area (Å²) in [7, 11) is 0. The summed E-state index contributed by atoms with van der Waals surface area (Å²) in [6.45, 7) is 5.69. The van der Waals surface area contributed by atoms with Gasteiger partial charge in [-0.2, -0.15) is 0 Å². The number of hydrogen-bond acceptors (Lipinski definition) is 11. The van der Waals surface area contributed by atoms with Crippen LogP contribution in [0.5, 0.6) is 0 Å². The number of aliphatic hydroxyl groups is 2. The summed E-state index contributed by atoms with van der Waals surface area (Å²) in [6.07, 6.45) is 57.7. The largest absolute Gasteiger partial charge is 0.479 e. The summed E-state index contributed by atoms with van der Waals surface area (Å²) in [5.41, 5.74) is 0. The van der Waals surface area contributed by atoms with Gasteiger partial charge in [0.25, 0.3) is 0 Å². The molecule has 0 spiro atoms. The van der Waals surface area contributed by atoms with Crippen molar-refractivity contribution in [3.63, 3.8) is 0 Å². The Bertz CT molecular complexity index is 1750. The number of esters is 3. The third-order valence-electron chi connectivity index (χ3n) is 12.8. The highest BCUT2D eigenvalue weighted by Crippen LogP contribution is 2.26. The number of carbonyl (C=O) groups excluding carboxylic acids is 3. The average molecular weight is 1080 g/mol. The normalized spacial score (nSPS) is 18.8. The van der Waals surface area contributed by atoms with Gasteiger partial charge in [-0.15, -0.1) is 0 Å². The van der Waals surface area contributed by atoms with Crippen LogP contribution in [0.1, 0.15) is 226 Å². The van der Waals surface area contributed by atoms with E-state index in [2.05, 4.69) is 130 Å². The minimum Gasteiger partial charge on any atom is -0.479 e. The summed E-state index contributed by atoms with van der Waals surface area (Å²) in [6, 6.07) is 0. The maximum Gasteiger partial charge on any atom is 0.335 e. The van der Waals surface area contributed by atoms with Crippen molar-refractivity contribution in [2.24, 2.45) is 0 Å². The molecule has 6 atom stereocenters. The minimum atomic E-state index is -1.92. The van der Waals surface area contributed by atoms with Crippen LogP contribution in [0.2, 0.25) is 0 Å². The molecule has 1 aliphatic rings. The van der Waals surface area contributed by atoms with Crippen LogP contribution >= 0.6 is 0 Å². The van der Waals surface area contributed by atoms with Gasteiger partial charge in [0.15, 0.2) is 24.6 Å². The fourth-order valence-corrected chi connectivity index (χ4v) is 8.27. The molecule has 3 N–H and O–H groups in total. The van der Waals surface area contributed by atoms with E-state index < -0.39 is 67.3 Å². The van der Waals surface area contributed by atoms with Gasteiger partial charge in [-0.3, -0.25) is 14.4 Å². The van der Waals surface area contributed by atoms with Crippen LogP contribution in [0, 0.1) is 0 Å². The van der Waals surface area contributed by atoms with Gasteiger partial charge in [0, 0.05) is 19.3 Å². The Morgan fingerprint density at radius 1 is 0.442 bits per heavy atom. The Hall–Kier alpha value is -4.62. The quantitative estimate of drug-likeness (QED) is 0.0228. The van der Waals surface area contributed by atoms with Crippen molar-refractivity contribution in [1.29, 1.82) is 0 Å². The molecule has 1 rings (SSSR count). The molecule has 0 bridgehead atoms. The Morgan fingerprint density at radius 3 is 1.26 bits per heavy atom. The average Bonchev–Trinajstić information content (AvgIpc) is 3.41. The second kappa shape index (κ2) is 52.1. The molecule has 0 amide bonds. The SMILES string of the molecule is CC/C=C\C/C=C\C/C=C\C/C=C\CCCCCCCCC(=O)OCC(COC1OC(C(=O)O)C(O)C(O)C1OC(=O)CCCCCC/C=C\C/C=C\C/C=C\C/C=C\CC)OC(=O)CCCCCCC/C=C\CCCC. The first-order valence-electron chi connectivity index (χ1n) is 29.9. The van der Waals surface area contributed by atoms with Crippen LogP contribution in [0.4, 0.5) is 0 Å². The van der Waals surface area contributed by atoms with E-state index in [1.165, 1.54) is 12.8 Å². The van der Waals surface area contributed by atoms with E-state index >= 15 is 0 Å². The predicted octanol–water partition coefficient (Wildman–Crippen LogP) is 15.4. The van der Waals surface area contributed by atoms with Gasteiger partial charge in [-0.25, -0.2) is 4.79 Å². The van der Waals surface area contributed by atoms with Gasteiger partial charge in [-0.05, 0) is 116 Å². The molecule has 436 valence electrons. The van der Waals surface area contributed by atoms with Crippen molar-refractivity contribution in [1.82, 2.24) is 0 Å². The molecule has 0 saturated carbocycles. The van der Waals surface area contributed by atoms with Gasteiger partial charge in [0.05, 0.1) is 6.61 Å². The molecule has 6 unspecified atom stereocenters. The predicted molar refractivity (Wildman–Crippen MR) is 312 cm³/mol. The summed E-state index contributed by atoms with van der Waals surface area (Å²) in [5, 5.41) is 31.5. The maximum absolute atomic E-state index is 13.1. The fraction of sp³-hybridized carbons (Fsp3) is 0.662. The number of carboxylic acid groups (broad SMARTS) is 1. The van der Waals surface area contributed by atoms with Crippen LogP contribution in [-0.2, 0) is 42.9 Å². The Balaban J connectivity index is 2.69. The monoisotopic (exact) mass is 1080 g/mol. The first-order chi connectivity index (χ1) is 37.6. The van der Waals surface area contributed by atoms with Gasteiger partial charge in [-0.1, -0.05) is 201 Å². The van der Waals surface area contributed by atoms with Crippen molar-refractivity contribution < 1.29 is 58.2 Å². The lowest BCUT2D eigenvalue weighted by atomic mass is 9.98. The minimum absolute atomic E-state index is 0.0251. The lowest BCUT2D eigenvalue weighted by Crippen LogP contribution is -2.61. The summed E-state index contributed by atoms with van der Waals surface area (Å²) >= 11 is 0. The molecule has 0 aromatic heterocycles. The van der Waals surface area contributed by atoms with E-state index in [-0.39, 0.29) is 25.9 Å². The lowest BCUT2D eigenvalue weighted by molar-refractivity contribution is -0.301. The van der Waals surface area contributed by atoms with Crippen molar-refractivity contribution in [2.75, 3.05) is 13.2 Å². The number of allylic oxidation sites excluding steroid dienone is 18. The molecule has 12 nitrogen and oxygen atoms in total. The number of unbranched alkanes of at least 4 members (excludes halogenated alkanes) is 17. The number of carbonyl (C=O) groups is 4. The van der Waals surface area contributed by atoms with Gasteiger partial charge in [0.2, 0.25) is 0 Å². The second-order valence-electron chi connectivity index (χ2n) is 19.9. The molecule has 1 aliphatic heterocycles. The Morgan fingerprint density at radius 2 is 0.818 bits per heavy atom. The molecular formula is C65H104O12. The molecule has 1 saturated heterocycles. The molecular weight excluding hydrogens is 973 g/mol. The van der Waals surface area contributed by atoms with Gasteiger partial charge >= 0.3 is 23.9 Å². The number of ether oxygens (including phenoxy) is 5. The Kier molecular flexibility index (Phi) is 47.6. The highest BCUT2D eigenvalue weighted by Gasteiger charge is 2.50. The first-order valence-corrected chi connectivity index (χ1v) is 29.9. The van der Waals surface area contributed by atoms with Crippen molar-refractivity contribution >= 4 is 23.9 Å². The van der Waals surface area contributed by atoms with Crippen molar-refractivity contribution in [3.8, 4) is 0 Å². The molecule has 1 fully saturated rings. The first kappa shape index (κ1) is 70.4. The summed E-state index contributed by atoms with van der Waals surface area (Å²) in [5.74, 6) is -3.19. The van der Waals surface area contributed by atoms with Crippen LogP contribution in [-0.4, -0.2) is 89.2 Å². The van der Waals surface area contributed by atoms with Crippen molar-refractivity contribution in [3.05, 3.63) is 109 Å². The smallest absolute Gasteiger partial charge is 0.335 e. The molecule has 1 heterocycles. The molecule has 77 heavy (non-hydrogen) atoms. The number of rotatable bonds is 49. The Labute approximate surface area is 465 Å². The third kappa shape index (κ3) is 42.1.